The van der Waals surface area contributed by atoms with E-state index in [1.165, 1.54) is 55.6 Å². The molecule has 88 heavy (non-hydrogen) atoms. The van der Waals surface area contributed by atoms with Crippen LogP contribution < -0.4 is 27.7 Å². The molecule has 454 valence electrons. The normalized spacial score (nSPS) is 14.7. The first-order valence-electron chi connectivity index (χ1n) is 32.2. The SMILES string of the molecule is CC(C)(C)c1cc2c(O)c(c1)Cc1cc(C(C)(C)C)cc3c1OCCCC[n+]1ccc(cc1)-c1cc[n+](cc1)Cc1ccc(cc1)C[n+]1ccc(cc1)-c1cc[n+](cc1)CCCCOc1c(cc(C(C)(C)C)cc1Cc1cc(C(C)(C)C)cc(c1O)C3)C2. The second kappa shape index (κ2) is 25.2. The molecule has 0 saturated heterocycles. The van der Waals surface area contributed by atoms with Gasteiger partial charge < -0.3 is 19.7 Å². The lowest BCUT2D eigenvalue weighted by Gasteiger charge is -2.28. The molecule has 0 fully saturated rings. The summed E-state index contributed by atoms with van der Waals surface area (Å²) < 4.78 is 23.4. The number of nitrogens with zero attached hydrogens (tertiary/aromatic N) is 4. The summed E-state index contributed by atoms with van der Waals surface area (Å²) in [5.74, 6) is 2.30. The molecule has 8 heteroatoms. The molecular weight excluding hydrogens is 1080 g/mol. The number of pyridine rings is 4. The van der Waals surface area contributed by atoms with Gasteiger partial charge in [0.2, 0.25) is 0 Å². The number of ether oxygens (including phenoxy) is 2. The van der Waals surface area contributed by atoms with E-state index in [-0.39, 0.29) is 21.7 Å². The first-order chi connectivity index (χ1) is 41.9. The summed E-state index contributed by atoms with van der Waals surface area (Å²) in [6.07, 6.45) is 22.9. The molecule has 0 amide bonds. The van der Waals surface area contributed by atoms with E-state index >= 15 is 0 Å². The number of hydrogen-bond donors (Lipinski definition) is 2. The van der Waals surface area contributed by atoms with Crippen molar-refractivity contribution in [3.05, 3.63) is 249 Å². The Balaban J connectivity index is 1.00. The Morgan fingerprint density at radius 3 is 0.795 bits per heavy atom. The quantitative estimate of drug-likeness (QED) is 0.148. The maximum atomic E-state index is 12.9. The van der Waals surface area contributed by atoms with Gasteiger partial charge in [0.15, 0.2) is 62.7 Å². The molecule has 0 saturated carbocycles. The van der Waals surface area contributed by atoms with Crippen molar-refractivity contribution in [2.75, 3.05) is 13.2 Å². The van der Waals surface area contributed by atoms with E-state index in [2.05, 4.69) is 272 Å². The average molecular weight is 1180 g/mol. The lowest BCUT2D eigenvalue weighted by molar-refractivity contribution is -0.697. The van der Waals surface area contributed by atoms with Crippen LogP contribution in [-0.4, -0.2) is 23.4 Å². The second-order valence-electron chi connectivity index (χ2n) is 29.3. The van der Waals surface area contributed by atoms with Crippen molar-refractivity contribution in [2.45, 2.75) is 182 Å². The number of phenolic OH excluding ortho intramolecular Hbond substituents is 2. The Kier molecular flexibility index (Phi) is 17.6. The van der Waals surface area contributed by atoms with Crippen molar-refractivity contribution in [1.29, 1.82) is 0 Å². The van der Waals surface area contributed by atoms with Gasteiger partial charge in [-0.25, -0.2) is 18.3 Å². The van der Waals surface area contributed by atoms with Gasteiger partial charge in [0.25, 0.3) is 0 Å². The molecule has 20 bridgehead atoms. The molecule has 14 heterocycles. The average Bonchev–Trinajstić information content (AvgIpc) is 1.42. The third-order valence-electron chi connectivity index (χ3n) is 18.1. The van der Waals surface area contributed by atoms with E-state index in [1.54, 1.807) is 0 Å². The van der Waals surface area contributed by atoms with Crippen molar-refractivity contribution in [3.8, 4) is 45.3 Å². The highest BCUT2D eigenvalue weighted by molar-refractivity contribution is 5.63. The molecule has 0 spiro atoms. The molecule has 0 atom stereocenters. The van der Waals surface area contributed by atoms with Gasteiger partial charge in [-0.15, -0.1) is 0 Å². The molecule has 2 N–H and O–H groups in total. The van der Waals surface area contributed by atoms with Gasteiger partial charge in [-0.1, -0.05) is 156 Å². The molecular formula is C80H94N4O4+4. The van der Waals surface area contributed by atoms with Crippen LogP contribution in [0.25, 0.3) is 22.3 Å². The summed E-state index contributed by atoms with van der Waals surface area (Å²) in [6, 6.07) is 44.9. The maximum Gasteiger partial charge on any atom is 0.173 e. The topological polar surface area (TPSA) is 74.4 Å². The summed E-state index contributed by atoms with van der Waals surface area (Å²) in [5.41, 5.74) is 18.8. The predicted molar refractivity (Wildman–Crippen MR) is 354 cm³/mol. The molecule has 1 aliphatic carbocycles. The second-order valence-corrected chi connectivity index (χ2v) is 29.3. The fourth-order valence-corrected chi connectivity index (χ4v) is 12.4. The van der Waals surface area contributed by atoms with E-state index in [9.17, 15) is 10.2 Å². The van der Waals surface area contributed by atoms with Gasteiger partial charge in [-0.05, 0) is 124 Å². The number of rotatable bonds is 0. The number of aromatic nitrogens is 4. The smallest absolute Gasteiger partial charge is 0.173 e. The van der Waals surface area contributed by atoms with Crippen molar-refractivity contribution < 1.29 is 38.0 Å². The fourth-order valence-electron chi connectivity index (χ4n) is 12.4. The Morgan fingerprint density at radius 1 is 0.307 bits per heavy atom. The van der Waals surface area contributed by atoms with Crippen LogP contribution in [0.4, 0.5) is 0 Å². The first kappa shape index (κ1) is 61.5. The summed E-state index contributed by atoms with van der Waals surface area (Å²) in [6.45, 7) is 31.6. The van der Waals surface area contributed by atoms with E-state index in [4.69, 9.17) is 9.47 Å². The van der Waals surface area contributed by atoms with Crippen LogP contribution in [0.3, 0.4) is 0 Å². The first-order valence-corrected chi connectivity index (χ1v) is 32.2. The highest BCUT2D eigenvalue weighted by atomic mass is 16.5. The van der Waals surface area contributed by atoms with Crippen molar-refractivity contribution in [1.82, 2.24) is 0 Å². The van der Waals surface area contributed by atoms with Crippen LogP contribution in [0.15, 0.2) is 171 Å². The molecule has 8 nitrogen and oxygen atoms in total. The number of benzene rings is 5. The van der Waals surface area contributed by atoms with E-state index < -0.39 is 0 Å². The summed E-state index contributed by atoms with van der Waals surface area (Å²) in [5, 5.41) is 25.9. The van der Waals surface area contributed by atoms with Gasteiger partial charge >= 0.3 is 0 Å². The van der Waals surface area contributed by atoms with Crippen LogP contribution in [0, 0.1) is 0 Å². The molecule has 0 unspecified atom stereocenters. The van der Waals surface area contributed by atoms with E-state index in [0.29, 0.717) is 50.4 Å². The Bertz CT molecular complexity index is 3570. The number of fused-ring (bicyclic) bond motifs is 2. The molecule has 10 aliphatic heterocycles. The Labute approximate surface area is 524 Å². The number of aromatic hydroxyl groups is 2. The zero-order valence-electron chi connectivity index (χ0n) is 54.6. The number of phenols is 2. The van der Waals surface area contributed by atoms with Crippen molar-refractivity contribution >= 4 is 0 Å². The lowest BCUT2D eigenvalue weighted by Crippen LogP contribution is -2.34. The zero-order chi connectivity index (χ0) is 62.1. The Morgan fingerprint density at radius 2 is 0.545 bits per heavy atom. The van der Waals surface area contributed by atoms with Crippen LogP contribution in [0.5, 0.6) is 23.0 Å². The summed E-state index contributed by atoms with van der Waals surface area (Å²) >= 11 is 0. The minimum atomic E-state index is -0.205. The standard InChI is InChI=1S/C80H92N4O4/c1-77(2,3)69-45-61-41-65-49-71(79(7,8)9)51-67-43-63-47-70(78(4,5)6)48-64(74(63)86)44-68-52-72(80(10,11)12)50-66(42-62(46-69)73(61)85)76(68)88-40-16-14-30-82-33-23-58(24-34-82)60-27-37-84(38-28-60)54-56-19-17-55(18-20-56)53-83-35-25-59(26-36-83)57-21-31-81(32-22-57)29-13-15-39-87-75(65)67/h17-28,31-38,45-52H,13-16,29-30,39-44,53-54H2,1-12H3/q+2/p+2. The highest BCUT2D eigenvalue weighted by Gasteiger charge is 2.29. The molecule has 4 aromatic heterocycles. The molecule has 11 aliphatic rings. The van der Waals surface area contributed by atoms with Gasteiger partial charge in [0.1, 0.15) is 36.1 Å². The van der Waals surface area contributed by atoms with Gasteiger partial charge in [0, 0.05) is 98.2 Å². The van der Waals surface area contributed by atoms with E-state index in [1.807, 2.05) is 0 Å². The van der Waals surface area contributed by atoms with E-state index in [0.717, 1.165) is 108 Å². The largest absolute Gasteiger partial charge is 0.507 e. The lowest BCUT2D eigenvalue weighted by atomic mass is 9.79. The third-order valence-corrected chi connectivity index (χ3v) is 18.1. The molecule has 5 aromatic carbocycles. The summed E-state index contributed by atoms with van der Waals surface area (Å²) in [7, 11) is 0. The van der Waals surface area contributed by atoms with Crippen LogP contribution in [0.1, 0.15) is 187 Å². The minimum Gasteiger partial charge on any atom is -0.507 e. The number of hydrogen-bond acceptors (Lipinski definition) is 4. The van der Waals surface area contributed by atoms with Crippen LogP contribution >= 0.6 is 0 Å². The minimum absolute atomic E-state index is 0.196. The molecule has 9 aromatic rings. The summed E-state index contributed by atoms with van der Waals surface area (Å²) in [4.78, 5) is 0. The maximum absolute atomic E-state index is 12.9. The fraction of sp³-hybridized carbons (Fsp3) is 0.375. The monoisotopic (exact) mass is 1170 g/mol. The number of aryl methyl sites for hydroxylation is 2. The van der Waals surface area contributed by atoms with Crippen molar-refractivity contribution in [3.63, 3.8) is 0 Å². The van der Waals surface area contributed by atoms with Crippen molar-refractivity contribution in [2.24, 2.45) is 0 Å². The van der Waals surface area contributed by atoms with Crippen LogP contribution in [0.2, 0.25) is 0 Å². The molecule has 0 radical (unpaired) electrons. The van der Waals surface area contributed by atoms with Gasteiger partial charge in [-0.3, -0.25) is 0 Å². The zero-order valence-corrected chi connectivity index (χ0v) is 54.6. The molecule has 20 rings (SSSR count). The highest BCUT2D eigenvalue weighted by Crippen LogP contribution is 2.44. The predicted octanol–water partition coefficient (Wildman–Crippen LogP) is 15.6. The Hall–Kier alpha value is -8.10. The van der Waals surface area contributed by atoms with Gasteiger partial charge in [-0.2, -0.15) is 0 Å². The van der Waals surface area contributed by atoms with Gasteiger partial charge in [0.05, 0.1) is 13.2 Å². The third kappa shape index (κ3) is 14.6. The van der Waals surface area contributed by atoms with Crippen LogP contribution in [-0.2, 0) is 73.5 Å².